The molecule has 1 fully saturated rings. The predicted molar refractivity (Wildman–Crippen MR) is 60.2 cm³/mol. The summed E-state index contributed by atoms with van der Waals surface area (Å²) in [6.07, 6.45) is 9.48. The minimum Gasteiger partial charge on any atom is -0.295 e. The fraction of sp³-hybridized carbons (Fsp3) is 0.615. The molecule has 1 saturated carbocycles. The minimum atomic E-state index is 0.282. The molecule has 0 aliphatic heterocycles. The van der Waals surface area contributed by atoms with E-state index in [9.17, 15) is 4.79 Å². The van der Waals surface area contributed by atoms with Gasteiger partial charge in [-0.3, -0.25) is 4.79 Å². The quantitative estimate of drug-likeness (QED) is 0.489. The Labute approximate surface area is 86.9 Å². The van der Waals surface area contributed by atoms with Gasteiger partial charge in [-0.05, 0) is 45.1 Å². The van der Waals surface area contributed by atoms with Crippen molar-refractivity contribution in [1.29, 1.82) is 0 Å². The highest BCUT2D eigenvalue weighted by molar-refractivity contribution is 5.90. The Morgan fingerprint density at radius 2 is 1.93 bits per heavy atom. The molecule has 0 spiro atoms. The summed E-state index contributed by atoms with van der Waals surface area (Å²) in [5.74, 6) is 0.282. The lowest BCUT2D eigenvalue weighted by atomic mass is 9.93. The molecular weight excluding hydrogens is 172 g/mol. The van der Waals surface area contributed by atoms with Crippen molar-refractivity contribution >= 4 is 5.78 Å². The maximum absolute atomic E-state index is 11.5. The summed E-state index contributed by atoms with van der Waals surface area (Å²) in [6.45, 7) is 5.77. The number of allylic oxidation sites excluding steroid dienone is 3. The van der Waals surface area contributed by atoms with Gasteiger partial charge in [-0.1, -0.05) is 17.6 Å². The number of hydrogen-bond acceptors (Lipinski definition) is 1. The zero-order valence-corrected chi connectivity index (χ0v) is 9.14. The molecule has 78 valence electrons. The van der Waals surface area contributed by atoms with Crippen molar-refractivity contribution in [2.45, 2.75) is 51.9 Å². The van der Waals surface area contributed by atoms with E-state index in [0.717, 1.165) is 24.8 Å². The van der Waals surface area contributed by atoms with Gasteiger partial charge in [0.05, 0.1) is 0 Å². The number of hydrogen-bond donors (Lipinski definition) is 0. The van der Waals surface area contributed by atoms with Gasteiger partial charge in [-0.25, -0.2) is 0 Å². The molecule has 0 atom stereocenters. The Hall–Kier alpha value is -0.850. The van der Waals surface area contributed by atoms with Crippen molar-refractivity contribution in [3.8, 4) is 0 Å². The number of carbonyl (C=O) groups is 1. The zero-order valence-electron chi connectivity index (χ0n) is 9.14. The van der Waals surface area contributed by atoms with Gasteiger partial charge in [-0.2, -0.15) is 0 Å². The van der Waals surface area contributed by atoms with Crippen molar-refractivity contribution in [3.63, 3.8) is 0 Å². The molecule has 14 heavy (non-hydrogen) atoms. The Balaban J connectivity index is 2.33. The summed E-state index contributed by atoms with van der Waals surface area (Å²) in [5.41, 5.74) is 2.46. The lowest BCUT2D eigenvalue weighted by Gasteiger charge is -2.12. The third-order valence-corrected chi connectivity index (χ3v) is 2.66. The van der Waals surface area contributed by atoms with Gasteiger partial charge in [0.2, 0.25) is 0 Å². The van der Waals surface area contributed by atoms with Crippen LogP contribution in [-0.4, -0.2) is 5.78 Å². The monoisotopic (exact) mass is 192 g/mol. The molecule has 0 aromatic heterocycles. The molecule has 1 heteroatoms. The van der Waals surface area contributed by atoms with E-state index in [0.29, 0.717) is 6.42 Å². The highest BCUT2D eigenvalue weighted by atomic mass is 16.1. The number of rotatable bonds is 4. The molecule has 0 amide bonds. The summed E-state index contributed by atoms with van der Waals surface area (Å²) in [5, 5.41) is 0. The summed E-state index contributed by atoms with van der Waals surface area (Å²) in [6, 6.07) is 0. The van der Waals surface area contributed by atoms with Crippen LogP contribution in [0.25, 0.3) is 0 Å². The van der Waals surface area contributed by atoms with Crippen LogP contribution in [-0.2, 0) is 4.79 Å². The largest absolute Gasteiger partial charge is 0.295 e. The van der Waals surface area contributed by atoms with E-state index in [-0.39, 0.29) is 5.78 Å². The topological polar surface area (TPSA) is 17.1 Å². The van der Waals surface area contributed by atoms with E-state index in [2.05, 4.69) is 6.58 Å². The van der Waals surface area contributed by atoms with Crippen LogP contribution in [0.2, 0.25) is 0 Å². The van der Waals surface area contributed by atoms with E-state index >= 15 is 0 Å². The van der Waals surface area contributed by atoms with Gasteiger partial charge in [0.25, 0.3) is 0 Å². The Bertz CT molecular complexity index is 240. The van der Waals surface area contributed by atoms with Crippen molar-refractivity contribution in [3.05, 3.63) is 23.8 Å². The second-order valence-electron chi connectivity index (χ2n) is 4.29. The highest BCUT2D eigenvalue weighted by Gasteiger charge is 2.07. The van der Waals surface area contributed by atoms with E-state index in [1.165, 1.54) is 24.8 Å². The molecule has 0 aromatic rings. The fourth-order valence-corrected chi connectivity index (χ4v) is 1.79. The van der Waals surface area contributed by atoms with Crippen molar-refractivity contribution in [2.24, 2.45) is 0 Å². The summed E-state index contributed by atoms with van der Waals surface area (Å²) in [7, 11) is 0. The van der Waals surface area contributed by atoms with Crippen molar-refractivity contribution in [2.75, 3.05) is 0 Å². The fourth-order valence-electron chi connectivity index (χ4n) is 1.79. The smallest absolute Gasteiger partial charge is 0.155 e. The maximum Gasteiger partial charge on any atom is 0.155 e. The number of carbonyl (C=O) groups excluding carboxylic acids is 1. The van der Waals surface area contributed by atoms with Crippen LogP contribution in [0.15, 0.2) is 23.8 Å². The molecule has 0 unspecified atom stereocenters. The van der Waals surface area contributed by atoms with Gasteiger partial charge < -0.3 is 0 Å². The summed E-state index contributed by atoms with van der Waals surface area (Å²) < 4.78 is 0. The zero-order chi connectivity index (χ0) is 10.4. The molecule has 1 nitrogen and oxygen atoms in total. The van der Waals surface area contributed by atoms with Gasteiger partial charge >= 0.3 is 0 Å². The third kappa shape index (κ3) is 4.40. The van der Waals surface area contributed by atoms with E-state index in [1.807, 2.05) is 13.0 Å². The van der Waals surface area contributed by atoms with Crippen LogP contribution in [0.4, 0.5) is 0 Å². The first-order valence-corrected chi connectivity index (χ1v) is 5.55. The standard InChI is InChI=1S/C13H20O/c1-11(2)8-9-13(14)10-12-6-4-3-5-7-12/h10H,1,3-9H2,2H3. The lowest BCUT2D eigenvalue weighted by molar-refractivity contribution is -0.114. The maximum atomic E-state index is 11.5. The van der Waals surface area contributed by atoms with Gasteiger partial charge in [-0.15, -0.1) is 6.58 Å². The molecule has 0 N–H and O–H groups in total. The first-order valence-electron chi connectivity index (χ1n) is 5.55. The SMILES string of the molecule is C=C(C)CCC(=O)C=C1CCCCC1. The van der Waals surface area contributed by atoms with Gasteiger partial charge in [0, 0.05) is 6.42 Å². The molecular formula is C13H20O. The van der Waals surface area contributed by atoms with E-state index < -0.39 is 0 Å². The lowest BCUT2D eigenvalue weighted by Crippen LogP contribution is -1.99. The molecule has 1 aliphatic rings. The molecule has 0 radical (unpaired) electrons. The average Bonchev–Trinajstić information content (AvgIpc) is 2.16. The minimum absolute atomic E-state index is 0.282. The Morgan fingerprint density at radius 1 is 1.29 bits per heavy atom. The van der Waals surface area contributed by atoms with E-state index in [1.54, 1.807) is 0 Å². The van der Waals surface area contributed by atoms with Crippen LogP contribution in [0.3, 0.4) is 0 Å². The molecule has 0 aromatic carbocycles. The Kier molecular flexibility index (Phi) is 4.64. The normalized spacial score (nSPS) is 16.5. The first kappa shape index (κ1) is 11.2. The van der Waals surface area contributed by atoms with Crippen LogP contribution >= 0.6 is 0 Å². The van der Waals surface area contributed by atoms with Gasteiger partial charge in [0.1, 0.15) is 0 Å². The summed E-state index contributed by atoms with van der Waals surface area (Å²) in [4.78, 5) is 11.5. The molecule has 0 heterocycles. The van der Waals surface area contributed by atoms with Crippen LogP contribution in [0, 0.1) is 0 Å². The van der Waals surface area contributed by atoms with Crippen LogP contribution in [0.1, 0.15) is 51.9 Å². The third-order valence-electron chi connectivity index (χ3n) is 2.66. The van der Waals surface area contributed by atoms with Crippen LogP contribution < -0.4 is 0 Å². The molecule has 0 saturated heterocycles. The first-order chi connectivity index (χ1) is 6.68. The molecule has 0 bridgehead atoms. The summed E-state index contributed by atoms with van der Waals surface area (Å²) >= 11 is 0. The second kappa shape index (κ2) is 5.79. The molecule has 1 rings (SSSR count). The average molecular weight is 192 g/mol. The van der Waals surface area contributed by atoms with E-state index in [4.69, 9.17) is 0 Å². The number of ketones is 1. The van der Waals surface area contributed by atoms with Gasteiger partial charge in [0.15, 0.2) is 5.78 Å². The second-order valence-corrected chi connectivity index (χ2v) is 4.29. The Morgan fingerprint density at radius 3 is 2.50 bits per heavy atom. The van der Waals surface area contributed by atoms with Crippen molar-refractivity contribution < 1.29 is 4.79 Å². The molecule has 1 aliphatic carbocycles. The van der Waals surface area contributed by atoms with Crippen molar-refractivity contribution in [1.82, 2.24) is 0 Å². The van der Waals surface area contributed by atoms with Crippen LogP contribution in [0.5, 0.6) is 0 Å². The predicted octanol–water partition coefficient (Wildman–Crippen LogP) is 3.80. The highest BCUT2D eigenvalue weighted by Crippen LogP contribution is 2.22.